The van der Waals surface area contributed by atoms with E-state index in [1.165, 1.54) is 0 Å². The van der Waals surface area contributed by atoms with Gasteiger partial charge in [0.2, 0.25) is 0 Å². The maximum atomic E-state index is 12.5. The van der Waals surface area contributed by atoms with Crippen molar-refractivity contribution in [1.29, 1.82) is 0 Å². The molecule has 0 saturated carbocycles. The minimum absolute atomic E-state index is 0.218. The summed E-state index contributed by atoms with van der Waals surface area (Å²) in [5, 5.41) is 22.0. The summed E-state index contributed by atoms with van der Waals surface area (Å²) >= 11 is 0. The predicted octanol–water partition coefficient (Wildman–Crippen LogP) is 4.16. The molecule has 0 radical (unpaired) electrons. The predicted molar refractivity (Wildman–Crippen MR) is 140 cm³/mol. The van der Waals surface area contributed by atoms with Crippen LogP contribution < -0.4 is 0 Å². The highest BCUT2D eigenvalue weighted by Gasteiger charge is 2.29. The maximum Gasteiger partial charge on any atom is 0.410 e. The molecule has 1 N–H and O–H groups in total. The number of pyridine rings is 1. The minimum Gasteiger partial charge on any atom is -0.444 e. The summed E-state index contributed by atoms with van der Waals surface area (Å²) in [4.78, 5) is 23.1. The third kappa shape index (κ3) is 4.79. The molecule has 1 aliphatic rings. The number of aromatic amines is 1. The fourth-order valence-corrected chi connectivity index (χ4v) is 4.88. The number of piperidine rings is 1. The quantitative estimate of drug-likeness (QED) is 0.381. The van der Waals surface area contributed by atoms with Crippen LogP contribution in [0.1, 0.15) is 56.6 Å². The topological polar surface area (TPSA) is 127 Å². The minimum atomic E-state index is -0.506. The monoisotopic (exact) mass is 511 g/mol. The highest BCUT2D eigenvalue weighted by molar-refractivity contribution is 5.79. The number of fused-ring (bicyclic) bond motifs is 2. The second kappa shape index (κ2) is 9.47. The summed E-state index contributed by atoms with van der Waals surface area (Å²) in [5.74, 6) is 1.37. The summed E-state index contributed by atoms with van der Waals surface area (Å²) < 4.78 is 7.23. The van der Waals surface area contributed by atoms with Crippen LogP contribution in [-0.2, 0) is 11.2 Å². The molecule has 6 rings (SSSR count). The molecule has 0 atom stereocenters. The van der Waals surface area contributed by atoms with E-state index >= 15 is 0 Å². The lowest BCUT2D eigenvalue weighted by molar-refractivity contribution is 0.0204. The van der Waals surface area contributed by atoms with Crippen molar-refractivity contribution >= 4 is 22.8 Å². The molecule has 1 saturated heterocycles. The number of nitrogens with one attached hydrogen (secondary N) is 1. The van der Waals surface area contributed by atoms with Crippen molar-refractivity contribution in [3.63, 3.8) is 0 Å². The van der Waals surface area contributed by atoms with Crippen molar-refractivity contribution in [2.45, 2.75) is 51.6 Å². The van der Waals surface area contributed by atoms with Gasteiger partial charge in [0.15, 0.2) is 5.82 Å². The number of carbonyl (C=O) groups excluding carboxylic acids is 1. The zero-order valence-corrected chi connectivity index (χ0v) is 21.6. The van der Waals surface area contributed by atoms with E-state index in [1.54, 1.807) is 28.0 Å². The van der Waals surface area contributed by atoms with Crippen molar-refractivity contribution in [2.24, 2.45) is 0 Å². The number of aromatic nitrogens is 8. The van der Waals surface area contributed by atoms with E-state index in [0.29, 0.717) is 36.8 Å². The van der Waals surface area contributed by atoms with Gasteiger partial charge in [-0.25, -0.2) is 9.78 Å². The Morgan fingerprint density at radius 2 is 1.95 bits per heavy atom. The molecule has 1 aliphatic heterocycles. The Bertz CT molecular complexity index is 1610. The van der Waals surface area contributed by atoms with Gasteiger partial charge in [0.25, 0.3) is 5.78 Å². The number of hydrogen-bond donors (Lipinski definition) is 1. The van der Waals surface area contributed by atoms with Gasteiger partial charge < -0.3 is 9.64 Å². The zero-order valence-electron chi connectivity index (χ0n) is 21.6. The lowest BCUT2D eigenvalue weighted by Crippen LogP contribution is -2.41. The number of hydrogen-bond acceptors (Lipinski definition) is 8. The van der Waals surface area contributed by atoms with Gasteiger partial charge >= 0.3 is 6.09 Å². The molecule has 0 bridgehead atoms. The van der Waals surface area contributed by atoms with Crippen LogP contribution in [0.3, 0.4) is 0 Å². The van der Waals surface area contributed by atoms with E-state index in [-0.39, 0.29) is 12.0 Å². The van der Waals surface area contributed by atoms with Crippen molar-refractivity contribution in [3.05, 3.63) is 66.0 Å². The molecule has 5 heterocycles. The second-order valence-corrected chi connectivity index (χ2v) is 10.6. The molecule has 5 aromatic rings. The Morgan fingerprint density at radius 3 is 2.76 bits per heavy atom. The van der Waals surface area contributed by atoms with E-state index in [2.05, 4.69) is 36.4 Å². The van der Waals surface area contributed by atoms with Gasteiger partial charge in [-0.15, -0.1) is 10.2 Å². The number of amides is 1. The highest BCUT2D eigenvalue weighted by Crippen LogP contribution is 2.33. The van der Waals surface area contributed by atoms with Gasteiger partial charge in [-0.3, -0.25) is 10.1 Å². The number of H-pyrrole nitrogens is 1. The second-order valence-electron chi connectivity index (χ2n) is 10.6. The largest absolute Gasteiger partial charge is 0.444 e. The maximum absolute atomic E-state index is 12.5. The van der Waals surface area contributed by atoms with Crippen molar-refractivity contribution < 1.29 is 9.53 Å². The van der Waals surface area contributed by atoms with Crippen LogP contribution in [0, 0.1) is 0 Å². The van der Waals surface area contributed by atoms with E-state index in [1.807, 2.05) is 45.0 Å². The Kier molecular flexibility index (Phi) is 5.97. The highest BCUT2D eigenvalue weighted by atomic mass is 16.6. The Hall–Kier alpha value is -4.41. The third-order valence-electron chi connectivity index (χ3n) is 6.73. The van der Waals surface area contributed by atoms with E-state index < -0.39 is 5.60 Å². The van der Waals surface area contributed by atoms with Crippen molar-refractivity contribution in [3.8, 4) is 11.3 Å². The van der Waals surface area contributed by atoms with E-state index in [9.17, 15) is 4.79 Å². The SMILES string of the molecule is CC(C)(C)OC(=O)N1CCC(c2[nH]ncc2-c2cnc3nnc(Cc4ccc5ncccc5c4)n3n2)CC1. The molecule has 0 aliphatic carbocycles. The third-order valence-corrected chi connectivity index (χ3v) is 6.73. The molecule has 11 heteroatoms. The van der Waals surface area contributed by atoms with Gasteiger partial charge in [-0.2, -0.15) is 14.7 Å². The van der Waals surface area contributed by atoms with Crippen molar-refractivity contribution in [1.82, 2.24) is 44.9 Å². The molecule has 1 amide bonds. The molecule has 0 spiro atoms. The average Bonchev–Trinajstić information content (AvgIpc) is 3.55. The van der Waals surface area contributed by atoms with Crippen LogP contribution in [-0.4, -0.2) is 69.7 Å². The normalized spacial score (nSPS) is 14.9. The first kappa shape index (κ1) is 24.0. The lowest BCUT2D eigenvalue weighted by Gasteiger charge is -2.33. The lowest BCUT2D eigenvalue weighted by atomic mass is 9.91. The van der Waals surface area contributed by atoms with Gasteiger partial charge in [-0.1, -0.05) is 12.1 Å². The molecule has 11 nitrogen and oxygen atoms in total. The molecule has 4 aromatic heterocycles. The van der Waals surface area contributed by atoms with Gasteiger partial charge in [0, 0.05) is 48.3 Å². The first-order chi connectivity index (χ1) is 18.3. The molecule has 194 valence electrons. The van der Waals surface area contributed by atoms with Crippen LogP contribution >= 0.6 is 0 Å². The first-order valence-corrected chi connectivity index (χ1v) is 12.8. The summed E-state index contributed by atoms with van der Waals surface area (Å²) in [6.07, 6.45) is 7.19. The fourth-order valence-electron chi connectivity index (χ4n) is 4.88. The number of likely N-dealkylation sites (tertiary alicyclic amines) is 1. The number of nitrogens with zero attached hydrogens (tertiary/aromatic N) is 8. The standard InChI is InChI=1S/C27H29N9O2/c1-27(2,3)38-26(37)35-11-8-18(9-12-35)24-20(15-30-32-24)22-16-29-25-33-31-23(36(25)34-22)14-17-6-7-21-19(13-17)5-4-10-28-21/h4-7,10,13,15-16,18H,8-9,11-12,14H2,1-3H3,(H,30,32). The molecular formula is C27H29N9O2. The van der Waals surface area contributed by atoms with E-state index in [0.717, 1.165) is 40.6 Å². The molecule has 0 unspecified atom stereocenters. The Labute approximate surface area is 219 Å². The molecule has 38 heavy (non-hydrogen) atoms. The average molecular weight is 512 g/mol. The zero-order chi connectivity index (χ0) is 26.3. The van der Waals surface area contributed by atoms with Crippen LogP contribution in [0.25, 0.3) is 27.9 Å². The van der Waals surface area contributed by atoms with Gasteiger partial charge in [-0.05, 0) is 57.4 Å². The Balaban J connectivity index is 1.22. The number of benzene rings is 1. The summed E-state index contributed by atoms with van der Waals surface area (Å²) in [6, 6.07) is 10.1. The summed E-state index contributed by atoms with van der Waals surface area (Å²) in [7, 11) is 0. The van der Waals surface area contributed by atoms with Crippen LogP contribution in [0.4, 0.5) is 4.79 Å². The van der Waals surface area contributed by atoms with Crippen LogP contribution in [0.5, 0.6) is 0 Å². The molecule has 1 aromatic carbocycles. The Morgan fingerprint density at radius 1 is 1.11 bits per heavy atom. The number of ether oxygens (including phenoxy) is 1. The van der Waals surface area contributed by atoms with Crippen LogP contribution in [0.15, 0.2) is 48.9 Å². The fraction of sp³-hybridized carbons (Fsp3) is 0.370. The summed E-state index contributed by atoms with van der Waals surface area (Å²) in [6.45, 7) is 6.89. The van der Waals surface area contributed by atoms with Crippen LogP contribution in [0.2, 0.25) is 0 Å². The first-order valence-electron chi connectivity index (χ1n) is 12.8. The summed E-state index contributed by atoms with van der Waals surface area (Å²) in [5.41, 5.74) is 4.13. The molecule has 1 fully saturated rings. The number of carbonyl (C=O) groups is 1. The van der Waals surface area contributed by atoms with E-state index in [4.69, 9.17) is 9.84 Å². The van der Waals surface area contributed by atoms with Gasteiger partial charge in [0.05, 0.1) is 17.9 Å². The van der Waals surface area contributed by atoms with Gasteiger partial charge in [0.1, 0.15) is 11.3 Å². The van der Waals surface area contributed by atoms with Crippen molar-refractivity contribution in [2.75, 3.05) is 13.1 Å². The smallest absolute Gasteiger partial charge is 0.410 e. The number of rotatable bonds is 4. The molecular weight excluding hydrogens is 482 g/mol.